The standard InChI is InChI=1S/C12H11FN2O/c1-8-2-3-10(13)11(6-8)16-9-4-5-15-12(14)7-9/h2-7H,1H3,(H2,14,15). The molecule has 2 aromatic rings. The van der Waals surface area contributed by atoms with E-state index in [0.29, 0.717) is 11.6 Å². The Hall–Kier alpha value is -2.10. The molecule has 2 N–H and O–H groups in total. The van der Waals surface area contributed by atoms with Gasteiger partial charge in [-0.05, 0) is 30.7 Å². The molecule has 0 amide bonds. The maximum absolute atomic E-state index is 13.4. The van der Waals surface area contributed by atoms with Crippen LogP contribution in [0.25, 0.3) is 0 Å². The predicted octanol–water partition coefficient (Wildman–Crippen LogP) is 2.90. The molecule has 82 valence electrons. The fourth-order valence-electron chi connectivity index (χ4n) is 1.31. The number of aryl methyl sites for hydroxylation is 1. The first-order chi connectivity index (χ1) is 7.65. The van der Waals surface area contributed by atoms with Gasteiger partial charge in [-0.3, -0.25) is 0 Å². The lowest BCUT2D eigenvalue weighted by Crippen LogP contribution is -1.92. The van der Waals surface area contributed by atoms with Crippen LogP contribution in [0.4, 0.5) is 10.2 Å². The Labute approximate surface area is 92.7 Å². The molecule has 0 unspecified atom stereocenters. The van der Waals surface area contributed by atoms with Gasteiger partial charge in [0.15, 0.2) is 11.6 Å². The van der Waals surface area contributed by atoms with Crippen LogP contribution >= 0.6 is 0 Å². The highest BCUT2D eigenvalue weighted by Gasteiger charge is 2.05. The zero-order chi connectivity index (χ0) is 11.5. The van der Waals surface area contributed by atoms with E-state index in [1.807, 2.05) is 6.92 Å². The molecule has 0 fully saturated rings. The van der Waals surface area contributed by atoms with E-state index in [2.05, 4.69) is 4.98 Å². The third-order valence-corrected chi connectivity index (χ3v) is 2.07. The summed E-state index contributed by atoms with van der Waals surface area (Å²) in [6.45, 7) is 1.87. The number of aromatic nitrogens is 1. The first-order valence-corrected chi connectivity index (χ1v) is 4.81. The molecule has 16 heavy (non-hydrogen) atoms. The highest BCUT2D eigenvalue weighted by atomic mass is 19.1. The number of anilines is 1. The van der Waals surface area contributed by atoms with Crippen LogP contribution in [0.2, 0.25) is 0 Å². The second-order valence-electron chi connectivity index (χ2n) is 3.45. The average Bonchev–Trinajstić information content (AvgIpc) is 2.24. The number of ether oxygens (including phenoxy) is 1. The Morgan fingerprint density at radius 1 is 1.25 bits per heavy atom. The molecule has 0 aliphatic carbocycles. The number of benzene rings is 1. The van der Waals surface area contributed by atoms with Crippen LogP contribution < -0.4 is 10.5 Å². The number of nitrogen functional groups attached to an aromatic ring is 1. The number of hydrogen-bond donors (Lipinski definition) is 1. The first kappa shape index (κ1) is 10.4. The minimum absolute atomic E-state index is 0.186. The van der Waals surface area contributed by atoms with Crippen molar-refractivity contribution >= 4 is 5.82 Å². The Morgan fingerprint density at radius 2 is 2.06 bits per heavy atom. The van der Waals surface area contributed by atoms with E-state index < -0.39 is 5.82 Å². The summed E-state index contributed by atoms with van der Waals surface area (Å²) in [5.74, 6) is 0.592. The van der Waals surface area contributed by atoms with Crippen molar-refractivity contribution < 1.29 is 9.13 Å². The molecular formula is C12H11FN2O. The molecule has 1 aromatic heterocycles. The third-order valence-electron chi connectivity index (χ3n) is 2.07. The summed E-state index contributed by atoms with van der Waals surface area (Å²) in [5, 5.41) is 0. The number of nitrogens with two attached hydrogens (primary N) is 1. The molecule has 1 aromatic carbocycles. The first-order valence-electron chi connectivity index (χ1n) is 4.81. The van der Waals surface area contributed by atoms with Crippen molar-refractivity contribution in [2.24, 2.45) is 0 Å². The van der Waals surface area contributed by atoms with Crippen molar-refractivity contribution in [3.63, 3.8) is 0 Å². The van der Waals surface area contributed by atoms with Crippen molar-refractivity contribution in [1.82, 2.24) is 4.98 Å². The minimum Gasteiger partial charge on any atom is -0.454 e. The van der Waals surface area contributed by atoms with Crippen molar-refractivity contribution in [1.29, 1.82) is 0 Å². The lowest BCUT2D eigenvalue weighted by molar-refractivity contribution is 0.441. The number of nitrogens with zero attached hydrogens (tertiary/aromatic N) is 1. The van der Waals surface area contributed by atoms with Crippen molar-refractivity contribution in [2.45, 2.75) is 6.92 Å². The molecule has 0 bridgehead atoms. The van der Waals surface area contributed by atoms with Crippen LogP contribution in [0.1, 0.15) is 5.56 Å². The van der Waals surface area contributed by atoms with E-state index in [4.69, 9.17) is 10.5 Å². The molecule has 0 aliphatic heterocycles. The van der Waals surface area contributed by atoms with E-state index in [9.17, 15) is 4.39 Å². The number of hydrogen-bond acceptors (Lipinski definition) is 3. The average molecular weight is 218 g/mol. The summed E-state index contributed by atoms with van der Waals surface area (Å²) < 4.78 is 18.8. The highest BCUT2D eigenvalue weighted by Crippen LogP contribution is 2.25. The van der Waals surface area contributed by atoms with Crippen LogP contribution in [0, 0.1) is 12.7 Å². The van der Waals surface area contributed by atoms with Gasteiger partial charge in [0, 0.05) is 12.3 Å². The summed E-state index contributed by atoms with van der Waals surface area (Å²) in [7, 11) is 0. The summed E-state index contributed by atoms with van der Waals surface area (Å²) in [5.41, 5.74) is 6.42. The fraction of sp³-hybridized carbons (Fsp3) is 0.0833. The molecule has 2 rings (SSSR count). The second-order valence-corrected chi connectivity index (χ2v) is 3.45. The zero-order valence-electron chi connectivity index (χ0n) is 8.77. The molecule has 0 saturated heterocycles. The number of halogens is 1. The molecule has 0 radical (unpaired) electrons. The van der Waals surface area contributed by atoms with Gasteiger partial charge in [-0.1, -0.05) is 6.07 Å². The number of rotatable bonds is 2. The van der Waals surface area contributed by atoms with Gasteiger partial charge in [0.25, 0.3) is 0 Å². The largest absolute Gasteiger partial charge is 0.454 e. The van der Waals surface area contributed by atoms with E-state index in [1.54, 1.807) is 24.3 Å². The normalized spacial score (nSPS) is 10.1. The van der Waals surface area contributed by atoms with Crippen molar-refractivity contribution in [3.8, 4) is 11.5 Å². The van der Waals surface area contributed by atoms with Crippen LogP contribution in [0.3, 0.4) is 0 Å². The molecule has 0 atom stereocenters. The Morgan fingerprint density at radius 3 is 2.81 bits per heavy atom. The molecule has 3 nitrogen and oxygen atoms in total. The van der Waals surface area contributed by atoms with Gasteiger partial charge >= 0.3 is 0 Å². The van der Waals surface area contributed by atoms with Gasteiger partial charge in [0.1, 0.15) is 11.6 Å². The fourth-order valence-corrected chi connectivity index (χ4v) is 1.31. The third kappa shape index (κ3) is 2.28. The Balaban J connectivity index is 2.30. The molecule has 1 heterocycles. The lowest BCUT2D eigenvalue weighted by atomic mass is 10.2. The predicted molar refractivity (Wildman–Crippen MR) is 59.9 cm³/mol. The van der Waals surface area contributed by atoms with Gasteiger partial charge in [0.2, 0.25) is 0 Å². The van der Waals surface area contributed by atoms with Gasteiger partial charge in [-0.2, -0.15) is 0 Å². The quantitative estimate of drug-likeness (QED) is 0.843. The maximum Gasteiger partial charge on any atom is 0.165 e. The van der Waals surface area contributed by atoms with Gasteiger partial charge in [-0.25, -0.2) is 9.37 Å². The minimum atomic E-state index is -0.402. The SMILES string of the molecule is Cc1ccc(F)c(Oc2ccnc(N)c2)c1. The van der Waals surface area contributed by atoms with E-state index in [-0.39, 0.29) is 5.75 Å². The topological polar surface area (TPSA) is 48.1 Å². The smallest absolute Gasteiger partial charge is 0.165 e. The van der Waals surface area contributed by atoms with Gasteiger partial charge in [-0.15, -0.1) is 0 Å². The van der Waals surface area contributed by atoms with Crippen LogP contribution in [0.5, 0.6) is 11.5 Å². The monoisotopic (exact) mass is 218 g/mol. The van der Waals surface area contributed by atoms with Crippen LogP contribution in [0.15, 0.2) is 36.5 Å². The summed E-state index contributed by atoms with van der Waals surface area (Å²) in [6.07, 6.45) is 1.51. The number of pyridine rings is 1. The van der Waals surface area contributed by atoms with Crippen LogP contribution in [-0.2, 0) is 0 Å². The van der Waals surface area contributed by atoms with Crippen LogP contribution in [-0.4, -0.2) is 4.98 Å². The Kier molecular flexibility index (Phi) is 2.72. The summed E-state index contributed by atoms with van der Waals surface area (Å²) in [4.78, 5) is 3.83. The molecule has 4 heteroatoms. The molecular weight excluding hydrogens is 207 g/mol. The highest BCUT2D eigenvalue weighted by molar-refractivity contribution is 5.39. The van der Waals surface area contributed by atoms with Gasteiger partial charge < -0.3 is 10.5 Å². The molecule has 0 aliphatic rings. The van der Waals surface area contributed by atoms with E-state index >= 15 is 0 Å². The maximum atomic E-state index is 13.4. The van der Waals surface area contributed by atoms with Gasteiger partial charge in [0.05, 0.1) is 0 Å². The molecule has 0 spiro atoms. The van der Waals surface area contributed by atoms with E-state index in [0.717, 1.165) is 5.56 Å². The lowest BCUT2D eigenvalue weighted by Gasteiger charge is -2.07. The zero-order valence-corrected chi connectivity index (χ0v) is 8.77. The van der Waals surface area contributed by atoms with Crippen molar-refractivity contribution in [2.75, 3.05) is 5.73 Å². The summed E-state index contributed by atoms with van der Waals surface area (Å²) >= 11 is 0. The molecule has 0 saturated carbocycles. The summed E-state index contributed by atoms with van der Waals surface area (Å²) in [6, 6.07) is 7.85. The second kappa shape index (κ2) is 4.18. The Bertz CT molecular complexity index is 514. The van der Waals surface area contributed by atoms with E-state index in [1.165, 1.54) is 12.3 Å². The van der Waals surface area contributed by atoms with Crippen molar-refractivity contribution in [3.05, 3.63) is 47.9 Å².